The van der Waals surface area contributed by atoms with E-state index in [0.29, 0.717) is 36.8 Å². The molecule has 0 aliphatic heterocycles. The van der Waals surface area contributed by atoms with Crippen molar-refractivity contribution in [1.82, 2.24) is 5.43 Å². The van der Waals surface area contributed by atoms with Crippen LogP contribution in [0.25, 0.3) is 0 Å². The van der Waals surface area contributed by atoms with E-state index >= 15 is 0 Å². The van der Waals surface area contributed by atoms with Crippen molar-refractivity contribution in [3.63, 3.8) is 0 Å². The number of hydrazone groups is 1. The van der Waals surface area contributed by atoms with Gasteiger partial charge in [0.25, 0.3) is 0 Å². The van der Waals surface area contributed by atoms with Crippen LogP contribution < -0.4 is 14.9 Å². The molecule has 1 amide bonds. The second-order valence-electron chi connectivity index (χ2n) is 6.37. The zero-order valence-electron chi connectivity index (χ0n) is 16.8. The van der Waals surface area contributed by atoms with Crippen LogP contribution in [-0.4, -0.2) is 24.8 Å². The van der Waals surface area contributed by atoms with E-state index in [1.165, 1.54) is 5.56 Å². The van der Waals surface area contributed by atoms with Crippen LogP contribution in [0.4, 0.5) is 0 Å². The summed E-state index contributed by atoms with van der Waals surface area (Å²) in [7, 11) is 0. The number of carbonyl (C=O) groups is 1. The summed E-state index contributed by atoms with van der Waals surface area (Å²) in [6, 6.07) is 11.7. The molecule has 27 heavy (non-hydrogen) atoms. The number of hydrogen-bond acceptors (Lipinski definition) is 4. The van der Waals surface area contributed by atoms with Crippen LogP contribution in [-0.2, 0) is 11.2 Å². The van der Waals surface area contributed by atoms with Gasteiger partial charge < -0.3 is 9.47 Å². The lowest BCUT2D eigenvalue weighted by Crippen LogP contribution is -2.21. The number of ether oxygens (including phenoxy) is 2. The monoisotopic (exact) mass is 368 g/mol. The molecule has 0 bridgehead atoms. The van der Waals surface area contributed by atoms with Gasteiger partial charge in [-0.3, -0.25) is 4.79 Å². The van der Waals surface area contributed by atoms with Crippen LogP contribution in [0.1, 0.15) is 43.0 Å². The van der Waals surface area contributed by atoms with E-state index < -0.39 is 0 Å². The minimum Gasteiger partial charge on any atom is -0.490 e. The van der Waals surface area contributed by atoms with Gasteiger partial charge in [0.15, 0.2) is 11.5 Å². The molecule has 0 spiro atoms. The summed E-state index contributed by atoms with van der Waals surface area (Å²) < 4.78 is 11.2. The standard InChI is InChI=1S/C22H28N2O3/c1-6-26-20-11-10-19(13-21(20)27-7-2)17(5)23-24-22(25)14-18-9-8-15(3)12-16(18)4/h8-13H,6-7,14H2,1-5H3,(H,24,25)/b23-17+. The lowest BCUT2D eigenvalue weighted by atomic mass is 10.0. The number of rotatable bonds is 8. The molecule has 0 fully saturated rings. The van der Waals surface area contributed by atoms with E-state index in [-0.39, 0.29) is 5.91 Å². The van der Waals surface area contributed by atoms with Gasteiger partial charge in [-0.25, -0.2) is 5.43 Å². The Labute approximate surface area is 161 Å². The second-order valence-corrected chi connectivity index (χ2v) is 6.37. The largest absolute Gasteiger partial charge is 0.490 e. The van der Waals surface area contributed by atoms with Gasteiger partial charge >= 0.3 is 0 Å². The maximum atomic E-state index is 12.2. The van der Waals surface area contributed by atoms with Crippen molar-refractivity contribution < 1.29 is 14.3 Å². The van der Waals surface area contributed by atoms with Gasteiger partial charge in [-0.2, -0.15) is 5.10 Å². The molecule has 2 aromatic carbocycles. The Bertz CT molecular complexity index is 828. The van der Waals surface area contributed by atoms with Gasteiger partial charge in [0.05, 0.1) is 25.3 Å². The Balaban J connectivity index is 2.07. The van der Waals surface area contributed by atoms with E-state index in [0.717, 1.165) is 16.7 Å². The third kappa shape index (κ3) is 5.84. The van der Waals surface area contributed by atoms with Crippen LogP contribution in [0.5, 0.6) is 11.5 Å². The molecule has 144 valence electrons. The average molecular weight is 368 g/mol. The van der Waals surface area contributed by atoms with Gasteiger partial charge in [-0.05, 0) is 63.9 Å². The molecule has 0 heterocycles. The number of carbonyl (C=O) groups excluding carboxylic acids is 1. The summed E-state index contributed by atoms with van der Waals surface area (Å²) in [5.41, 5.74) is 7.51. The van der Waals surface area contributed by atoms with Crippen LogP contribution >= 0.6 is 0 Å². The molecule has 5 heteroatoms. The summed E-state index contributed by atoms with van der Waals surface area (Å²) in [6.45, 7) is 10.9. The molecule has 0 unspecified atom stereocenters. The van der Waals surface area contributed by atoms with E-state index in [2.05, 4.69) is 16.6 Å². The zero-order chi connectivity index (χ0) is 19.8. The van der Waals surface area contributed by atoms with Gasteiger partial charge in [0.1, 0.15) is 0 Å². The summed E-state index contributed by atoms with van der Waals surface area (Å²) in [5, 5.41) is 4.24. The Morgan fingerprint density at radius 1 is 1.00 bits per heavy atom. The normalized spacial score (nSPS) is 11.2. The smallest absolute Gasteiger partial charge is 0.244 e. The van der Waals surface area contributed by atoms with E-state index in [1.54, 1.807) is 0 Å². The van der Waals surface area contributed by atoms with Crippen LogP contribution in [0.3, 0.4) is 0 Å². The summed E-state index contributed by atoms with van der Waals surface area (Å²) in [6.07, 6.45) is 0.302. The molecular formula is C22H28N2O3. The van der Waals surface area contributed by atoms with Gasteiger partial charge in [-0.15, -0.1) is 0 Å². The van der Waals surface area contributed by atoms with Crippen molar-refractivity contribution in [3.05, 3.63) is 58.7 Å². The molecule has 0 aliphatic carbocycles. The van der Waals surface area contributed by atoms with E-state index in [1.807, 2.05) is 65.0 Å². The Morgan fingerprint density at radius 3 is 2.37 bits per heavy atom. The topological polar surface area (TPSA) is 59.9 Å². The molecule has 1 N–H and O–H groups in total. The average Bonchev–Trinajstić information content (AvgIpc) is 2.64. The highest BCUT2D eigenvalue weighted by molar-refractivity contribution is 5.99. The third-order valence-electron chi connectivity index (χ3n) is 4.16. The molecule has 5 nitrogen and oxygen atoms in total. The van der Waals surface area contributed by atoms with Crippen LogP contribution in [0.2, 0.25) is 0 Å². The van der Waals surface area contributed by atoms with Crippen molar-refractivity contribution in [2.75, 3.05) is 13.2 Å². The SMILES string of the molecule is CCOc1ccc(/C(C)=N/NC(=O)Cc2ccc(C)cc2C)cc1OCC. The number of hydrogen-bond donors (Lipinski definition) is 1. The third-order valence-corrected chi connectivity index (χ3v) is 4.16. The lowest BCUT2D eigenvalue weighted by Gasteiger charge is -2.12. The first-order chi connectivity index (χ1) is 12.9. The van der Waals surface area contributed by atoms with Crippen molar-refractivity contribution in [3.8, 4) is 11.5 Å². The molecule has 0 radical (unpaired) electrons. The van der Waals surface area contributed by atoms with Gasteiger partial charge in [-0.1, -0.05) is 23.8 Å². The molecule has 0 aromatic heterocycles. The molecule has 0 saturated carbocycles. The van der Waals surface area contributed by atoms with E-state index in [4.69, 9.17) is 9.47 Å². The molecule has 2 aromatic rings. The molecule has 2 rings (SSSR count). The first-order valence-electron chi connectivity index (χ1n) is 9.23. The van der Waals surface area contributed by atoms with Crippen molar-refractivity contribution in [2.45, 2.75) is 41.0 Å². The van der Waals surface area contributed by atoms with Crippen LogP contribution in [0.15, 0.2) is 41.5 Å². The Kier molecular flexibility index (Phi) is 7.41. The number of aryl methyl sites for hydroxylation is 2. The zero-order valence-corrected chi connectivity index (χ0v) is 16.8. The molecule has 0 aliphatic rings. The molecule has 0 saturated heterocycles. The summed E-state index contributed by atoms with van der Waals surface area (Å²) >= 11 is 0. The van der Waals surface area contributed by atoms with Crippen LogP contribution in [0, 0.1) is 13.8 Å². The minimum atomic E-state index is -0.141. The highest BCUT2D eigenvalue weighted by Crippen LogP contribution is 2.28. The lowest BCUT2D eigenvalue weighted by molar-refractivity contribution is -0.120. The fourth-order valence-electron chi connectivity index (χ4n) is 2.74. The van der Waals surface area contributed by atoms with Crippen molar-refractivity contribution in [1.29, 1.82) is 0 Å². The Morgan fingerprint density at radius 2 is 1.70 bits per heavy atom. The second kappa shape index (κ2) is 9.76. The Hall–Kier alpha value is -2.82. The number of nitrogens with zero attached hydrogens (tertiary/aromatic N) is 1. The highest BCUT2D eigenvalue weighted by Gasteiger charge is 2.09. The maximum Gasteiger partial charge on any atom is 0.244 e. The summed E-state index contributed by atoms with van der Waals surface area (Å²) in [5.74, 6) is 1.24. The quantitative estimate of drug-likeness (QED) is 0.562. The molecule has 0 atom stereocenters. The highest BCUT2D eigenvalue weighted by atomic mass is 16.5. The summed E-state index contributed by atoms with van der Waals surface area (Å²) in [4.78, 5) is 12.2. The fraction of sp³-hybridized carbons (Fsp3) is 0.364. The molecular weight excluding hydrogens is 340 g/mol. The van der Waals surface area contributed by atoms with Crippen molar-refractivity contribution in [2.24, 2.45) is 5.10 Å². The van der Waals surface area contributed by atoms with Crippen molar-refractivity contribution >= 4 is 11.6 Å². The number of amides is 1. The van der Waals surface area contributed by atoms with Gasteiger partial charge in [0, 0.05) is 5.56 Å². The number of benzene rings is 2. The minimum absolute atomic E-state index is 0.141. The predicted octanol–water partition coefficient (Wildman–Crippen LogP) is 4.18. The first kappa shape index (κ1) is 20.5. The van der Waals surface area contributed by atoms with E-state index in [9.17, 15) is 4.79 Å². The maximum absolute atomic E-state index is 12.2. The van der Waals surface area contributed by atoms with Gasteiger partial charge in [0.2, 0.25) is 5.91 Å². The first-order valence-corrected chi connectivity index (χ1v) is 9.23. The predicted molar refractivity (Wildman–Crippen MR) is 109 cm³/mol. The number of nitrogens with one attached hydrogen (secondary N) is 1. The fourth-order valence-corrected chi connectivity index (χ4v) is 2.74.